The monoisotopic (exact) mass is 294 g/mol. The van der Waals surface area contributed by atoms with Gasteiger partial charge in [-0.05, 0) is 56.0 Å². The molecular weight excluding hydrogens is 274 g/mol. The van der Waals surface area contributed by atoms with E-state index >= 15 is 0 Å². The second-order valence-corrected chi connectivity index (χ2v) is 6.12. The van der Waals surface area contributed by atoms with Gasteiger partial charge in [0.05, 0.1) is 0 Å². The average molecular weight is 294 g/mol. The van der Waals surface area contributed by atoms with Gasteiger partial charge >= 0.3 is 0 Å². The van der Waals surface area contributed by atoms with Crippen LogP contribution >= 0.6 is 0 Å². The molecule has 21 heavy (non-hydrogen) atoms. The second-order valence-electron chi connectivity index (χ2n) is 6.12. The van der Waals surface area contributed by atoms with Gasteiger partial charge in [-0.15, -0.1) is 0 Å². The Hall–Kier alpha value is -1.49. The maximum absolute atomic E-state index is 13.3. The van der Waals surface area contributed by atoms with Crippen LogP contribution in [0.4, 0.5) is 8.78 Å². The van der Waals surface area contributed by atoms with Crippen LogP contribution in [0, 0.1) is 23.5 Å². The zero-order chi connectivity index (χ0) is 15.0. The van der Waals surface area contributed by atoms with Gasteiger partial charge in [-0.3, -0.25) is 4.79 Å². The van der Waals surface area contributed by atoms with E-state index in [4.69, 9.17) is 0 Å². The Morgan fingerprint density at radius 1 is 1.38 bits per heavy atom. The summed E-state index contributed by atoms with van der Waals surface area (Å²) in [5.74, 6) is -0.973. The molecule has 1 saturated heterocycles. The van der Waals surface area contributed by atoms with Crippen LogP contribution in [-0.4, -0.2) is 37.5 Å². The van der Waals surface area contributed by atoms with Gasteiger partial charge < -0.3 is 10.2 Å². The number of carbonyl (C=O) groups is 1. The molecule has 1 aliphatic heterocycles. The largest absolute Gasteiger partial charge is 0.342 e. The molecule has 1 saturated carbocycles. The number of likely N-dealkylation sites (tertiary alicyclic amines) is 1. The molecule has 1 amide bonds. The molecule has 1 heterocycles. The molecule has 0 bridgehead atoms. The minimum absolute atomic E-state index is 0.0518. The highest BCUT2D eigenvalue weighted by Gasteiger charge is 2.46. The molecule has 2 fully saturated rings. The summed E-state index contributed by atoms with van der Waals surface area (Å²) in [4.78, 5) is 14.4. The Bertz CT molecular complexity index is 549. The number of amides is 1. The van der Waals surface area contributed by atoms with E-state index in [1.165, 1.54) is 6.07 Å². The lowest BCUT2D eigenvalue weighted by Gasteiger charge is -2.16. The molecule has 0 unspecified atom stereocenters. The summed E-state index contributed by atoms with van der Waals surface area (Å²) in [5.41, 5.74) is 0.734. The summed E-state index contributed by atoms with van der Waals surface area (Å²) >= 11 is 0. The number of nitrogens with one attached hydrogen (secondary N) is 1. The van der Waals surface area contributed by atoms with Gasteiger partial charge in [0.2, 0.25) is 5.91 Å². The summed E-state index contributed by atoms with van der Waals surface area (Å²) < 4.78 is 26.2. The molecule has 5 heteroatoms. The Labute approximate surface area is 123 Å². The lowest BCUT2D eigenvalue weighted by atomic mass is 10.1. The molecule has 0 radical (unpaired) electrons. The fraction of sp³-hybridized carbons (Fsp3) is 0.562. The van der Waals surface area contributed by atoms with Crippen LogP contribution in [0.25, 0.3) is 0 Å². The maximum atomic E-state index is 13.3. The van der Waals surface area contributed by atoms with Crippen molar-refractivity contribution >= 4 is 5.91 Å². The van der Waals surface area contributed by atoms with Crippen LogP contribution < -0.4 is 5.32 Å². The minimum Gasteiger partial charge on any atom is -0.342 e. The lowest BCUT2D eigenvalue weighted by molar-refractivity contribution is -0.131. The third-order valence-corrected chi connectivity index (χ3v) is 4.57. The average Bonchev–Trinajstić information content (AvgIpc) is 3.13. The van der Waals surface area contributed by atoms with Crippen LogP contribution in [-0.2, 0) is 4.79 Å². The topological polar surface area (TPSA) is 32.3 Å². The molecule has 2 aliphatic rings. The number of nitrogens with zero attached hydrogens (tertiary/aromatic N) is 1. The van der Waals surface area contributed by atoms with Crippen molar-refractivity contribution in [2.45, 2.75) is 18.8 Å². The molecule has 114 valence electrons. The highest BCUT2D eigenvalue weighted by molar-refractivity contribution is 5.83. The molecule has 0 aromatic heterocycles. The quantitative estimate of drug-likeness (QED) is 0.922. The minimum atomic E-state index is -0.836. The normalized spacial score (nSPS) is 28.0. The third-order valence-electron chi connectivity index (χ3n) is 4.57. The van der Waals surface area contributed by atoms with Crippen molar-refractivity contribution < 1.29 is 13.6 Å². The van der Waals surface area contributed by atoms with Crippen molar-refractivity contribution in [1.82, 2.24) is 10.2 Å². The predicted molar refractivity (Wildman–Crippen MR) is 75.8 cm³/mol. The van der Waals surface area contributed by atoms with Crippen LogP contribution in [0.5, 0.6) is 0 Å². The summed E-state index contributed by atoms with van der Waals surface area (Å²) in [6.45, 7) is 2.55. The standard InChI is InChI=1S/C16H20F2N2O/c1-19-8-10-4-5-20(9-10)16(21)13-7-12(13)11-2-3-14(17)15(18)6-11/h2-3,6,10,12-13,19H,4-5,7-9H2,1H3/t10-,12-,13+/m0/s1. The molecule has 0 spiro atoms. The van der Waals surface area contributed by atoms with Crippen molar-refractivity contribution in [2.24, 2.45) is 11.8 Å². The molecule has 1 aromatic rings. The van der Waals surface area contributed by atoms with Crippen molar-refractivity contribution in [3.63, 3.8) is 0 Å². The molecular formula is C16H20F2N2O. The number of hydrogen-bond acceptors (Lipinski definition) is 2. The van der Waals surface area contributed by atoms with Gasteiger partial charge in [0.25, 0.3) is 0 Å². The van der Waals surface area contributed by atoms with E-state index in [2.05, 4.69) is 5.32 Å². The second kappa shape index (κ2) is 5.72. The van der Waals surface area contributed by atoms with E-state index < -0.39 is 11.6 Å². The van der Waals surface area contributed by atoms with Crippen LogP contribution in [0.3, 0.4) is 0 Å². The number of rotatable bonds is 4. The van der Waals surface area contributed by atoms with Gasteiger partial charge in [0.1, 0.15) is 0 Å². The number of hydrogen-bond donors (Lipinski definition) is 1. The van der Waals surface area contributed by atoms with Crippen LogP contribution in [0.1, 0.15) is 24.3 Å². The van der Waals surface area contributed by atoms with E-state index in [1.54, 1.807) is 6.07 Å². The zero-order valence-corrected chi connectivity index (χ0v) is 12.1. The van der Waals surface area contributed by atoms with E-state index in [9.17, 15) is 13.6 Å². The first-order valence-electron chi connectivity index (χ1n) is 7.48. The van der Waals surface area contributed by atoms with Crippen molar-refractivity contribution in [2.75, 3.05) is 26.7 Å². The number of carbonyl (C=O) groups excluding carboxylic acids is 1. The zero-order valence-electron chi connectivity index (χ0n) is 12.1. The van der Waals surface area contributed by atoms with Crippen molar-refractivity contribution in [3.05, 3.63) is 35.4 Å². The molecule has 3 rings (SSSR count). The maximum Gasteiger partial charge on any atom is 0.226 e. The first-order valence-corrected chi connectivity index (χ1v) is 7.48. The smallest absolute Gasteiger partial charge is 0.226 e. The van der Waals surface area contributed by atoms with Gasteiger partial charge in [-0.25, -0.2) is 8.78 Å². The number of halogens is 2. The summed E-state index contributed by atoms with van der Waals surface area (Å²) in [5, 5.41) is 3.14. The summed E-state index contributed by atoms with van der Waals surface area (Å²) in [7, 11) is 1.92. The van der Waals surface area contributed by atoms with E-state index in [1.807, 2.05) is 11.9 Å². The fourth-order valence-corrected chi connectivity index (χ4v) is 3.30. The van der Waals surface area contributed by atoms with Crippen molar-refractivity contribution in [1.29, 1.82) is 0 Å². The first-order chi connectivity index (χ1) is 10.1. The highest BCUT2D eigenvalue weighted by atomic mass is 19.2. The first kappa shape index (κ1) is 14.4. The predicted octanol–water partition coefficient (Wildman–Crippen LogP) is 2.14. The van der Waals surface area contributed by atoms with E-state index in [-0.39, 0.29) is 17.7 Å². The Kier molecular flexibility index (Phi) is 3.93. The Morgan fingerprint density at radius 2 is 2.19 bits per heavy atom. The Balaban J connectivity index is 1.60. The highest BCUT2D eigenvalue weighted by Crippen LogP contribution is 2.49. The molecule has 3 atom stereocenters. The van der Waals surface area contributed by atoms with Crippen LogP contribution in [0.2, 0.25) is 0 Å². The molecule has 1 aromatic carbocycles. The SMILES string of the molecule is CNC[C@@H]1CCN(C(=O)[C@@H]2C[C@H]2c2ccc(F)c(F)c2)C1. The van der Waals surface area contributed by atoms with Gasteiger partial charge in [-0.1, -0.05) is 6.07 Å². The lowest BCUT2D eigenvalue weighted by Crippen LogP contribution is -2.31. The van der Waals surface area contributed by atoms with Crippen LogP contribution in [0.15, 0.2) is 18.2 Å². The molecule has 1 aliphatic carbocycles. The van der Waals surface area contributed by atoms with Gasteiger partial charge in [0, 0.05) is 19.0 Å². The van der Waals surface area contributed by atoms with Gasteiger partial charge in [0.15, 0.2) is 11.6 Å². The van der Waals surface area contributed by atoms with Gasteiger partial charge in [-0.2, -0.15) is 0 Å². The summed E-state index contributed by atoms with van der Waals surface area (Å²) in [6, 6.07) is 3.95. The van der Waals surface area contributed by atoms with Crippen molar-refractivity contribution in [3.8, 4) is 0 Å². The molecule has 1 N–H and O–H groups in total. The summed E-state index contributed by atoms with van der Waals surface area (Å²) in [6.07, 6.45) is 1.78. The van der Waals surface area contributed by atoms with E-state index in [0.29, 0.717) is 5.92 Å². The Morgan fingerprint density at radius 3 is 2.90 bits per heavy atom. The third kappa shape index (κ3) is 2.93. The molecule has 3 nitrogen and oxygen atoms in total. The number of benzene rings is 1. The van der Waals surface area contributed by atoms with E-state index in [0.717, 1.165) is 44.1 Å². The fourth-order valence-electron chi connectivity index (χ4n) is 3.30.